The zero-order valence-electron chi connectivity index (χ0n) is 15.0. The van der Waals surface area contributed by atoms with Gasteiger partial charge in [-0.1, -0.05) is 12.1 Å². The Morgan fingerprint density at radius 2 is 1.34 bits per heavy atom. The lowest BCUT2D eigenvalue weighted by Crippen LogP contribution is -2.41. The predicted octanol–water partition coefficient (Wildman–Crippen LogP) is 1.64. The number of allylic oxidation sites excluding steroid dienone is 1. The van der Waals surface area contributed by atoms with Gasteiger partial charge in [-0.15, -0.1) is 0 Å². The molecule has 0 saturated heterocycles. The highest BCUT2D eigenvalue weighted by atomic mass is 16.5. The van der Waals surface area contributed by atoms with Gasteiger partial charge in [0.15, 0.2) is 40.2 Å². The molecule has 0 fully saturated rings. The van der Waals surface area contributed by atoms with Crippen molar-refractivity contribution in [3.05, 3.63) is 71.0 Å². The Labute approximate surface area is 164 Å². The largest absolute Gasteiger partial charge is 0.504 e. The molecule has 0 atom stereocenters. The fourth-order valence-electron chi connectivity index (χ4n) is 3.64. The van der Waals surface area contributed by atoms with Crippen LogP contribution < -0.4 is 0 Å². The van der Waals surface area contributed by atoms with Gasteiger partial charge in [0.25, 0.3) is 0 Å². The van der Waals surface area contributed by atoms with E-state index >= 15 is 0 Å². The van der Waals surface area contributed by atoms with Gasteiger partial charge >= 0.3 is 0 Å². The molecule has 1 heterocycles. The molecule has 6 N–H and O–H groups in total. The number of ketones is 1. The van der Waals surface area contributed by atoms with Gasteiger partial charge in [-0.3, -0.25) is 4.79 Å². The summed E-state index contributed by atoms with van der Waals surface area (Å²) >= 11 is 0. The van der Waals surface area contributed by atoms with Crippen molar-refractivity contribution in [2.75, 3.05) is 0 Å². The Hall–Kier alpha value is -3.49. The molecular formula is C21H18O8. The van der Waals surface area contributed by atoms with Crippen molar-refractivity contribution in [1.29, 1.82) is 0 Å². The van der Waals surface area contributed by atoms with Crippen LogP contribution in [0.1, 0.15) is 24.0 Å². The molecule has 2 aromatic carbocycles. The van der Waals surface area contributed by atoms with Crippen molar-refractivity contribution < 1.29 is 40.2 Å². The first-order valence-corrected chi connectivity index (χ1v) is 8.75. The second-order valence-corrected chi connectivity index (χ2v) is 7.17. The van der Waals surface area contributed by atoms with E-state index in [0.29, 0.717) is 11.1 Å². The molecule has 0 radical (unpaired) electrons. The van der Waals surface area contributed by atoms with Crippen LogP contribution in [0.3, 0.4) is 0 Å². The average molecular weight is 398 g/mol. The number of hydrogen-bond acceptors (Lipinski definition) is 8. The van der Waals surface area contributed by atoms with Crippen molar-refractivity contribution in [2.45, 2.75) is 24.2 Å². The molecular weight excluding hydrogens is 380 g/mol. The number of carbonyl (C=O) groups is 1. The number of hydrogen-bond donors (Lipinski definition) is 6. The van der Waals surface area contributed by atoms with Crippen LogP contribution in [0.25, 0.3) is 0 Å². The molecule has 0 amide bonds. The maximum absolute atomic E-state index is 13.0. The summed E-state index contributed by atoms with van der Waals surface area (Å²) in [6, 6.07) is 7.90. The number of aromatic hydroxyl groups is 4. The van der Waals surface area contributed by atoms with Gasteiger partial charge in [0.2, 0.25) is 0 Å². The van der Waals surface area contributed by atoms with Crippen LogP contribution in [0.2, 0.25) is 0 Å². The third-order valence-corrected chi connectivity index (χ3v) is 5.15. The summed E-state index contributed by atoms with van der Waals surface area (Å²) in [4.78, 5) is 13.0. The smallest absolute Gasteiger partial charge is 0.187 e. The highest BCUT2D eigenvalue weighted by molar-refractivity contribution is 5.98. The van der Waals surface area contributed by atoms with Crippen LogP contribution in [-0.2, 0) is 15.1 Å². The molecule has 0 spiro atoms. The van der Waals surface area contributed by atoms with Gasteiger partial charge in [0, 0.05) is 23.1 Å². The summed E-state index contributed by atoms with van der Waals surface area (Å²) in [5.41, 5.74) is -0.757. The van der Waals surface area contributed by atoms with E-state index in [1.807, 2.05) is 0 Å². The van der Waals surface area contributed by atoms with Gasteiger partial charge in [0.1, 0.15) is 5.76 Å². The molecule has 1 aliphatic heterocycles. The Morgan fingerprint density at radius 1 is 0.793 bits per heavy atom. The average Bonchev–Trinajstić information content (AvgIpc) is 2.66. The van der Waals surface area contributed by atoms with E-state index in [-0.39, 0.29) is 35.7 Å². The van der Waals surface area contributed by atoms with Crippen LogP contribution in [0.4, 0.5) is 0 Å². The van der Waals surface area contributed by atoms with Crippen LogP contribution in [0.5, 0.6) is 23.0 Å². The number of phenols is 4. The summed E-state index contributed by atoms with van der Waals surface area (Å²) in [6.45, 7) is 0. The van der Waals surface area contributed by atoms with Crippen LogP contribution >= 0.6 is 0 Å². The van der Waals surface area contributed by atoms with E-state index < -0.39 is 28.7 Å². The van der Waals surface area contributed by atoms with Gasteiger partial charge in [0.05, 0.1) is 6.42 Å². The molecule has 0 aromatic heterocycles. The molecule has 0 unspecified atom stereocenters. The number of aliphatic hydroxyl groups is 2. The number of benzene rings is 2. The van der Waals surface area contributed by atoms with Gasteiger partial charge in [-0.05, 0) is 36.4 Å². The van der Waals surface area contributed by atoms with Crippen molar-refractivity contribution >= 4 is 5.78 Å². The first kappa shape index (κ1) is 18.9. The second-order valence-electron chi connectivity index (χ2n) is 7.17. The Balaban J connectivity index is 1.92. The van der Waals surface area contributed by atoms with E-state index in [4.69, 9.17) is 4.74 Å². The minimum absolute atomic E-state index is 0.110. The van der Waals surface area contributed by atoms with Gasteiger partial charge < -0.3 is 35.4 Å². The first-order valence-electron chi connectivity index (χ1n) is 8.75. The fourth-order valence-corrected chi connectivity index (χ4v) is 3.64. The highest BCUT2D eigenvalue weighted by Gasteiger charge is 2.47. The van der Waals surface area contributed by atoms with Crippen LogP contribution in [0, 0.1) is 0 Å². The zero-order chi connectivity index (χ0) is 21.0. The SMILES string of the molecule is O=C1CC(c2ccc(O)c(O)c2)(c2ccc(O)c(O)c2)OC2=C1CC(O)(O)C=C2. The Morgan fingerprint density at radius 3 is 1.86 bits per heavy atom. The van der Waals surface area contributed by atoms with Crippen molar-refractivity contribution in [1.82, 2.24) is 0 Å². The normalized spacial score (nSPS) is 19.6. The minimum Gasteiger partial charge on any atom is -0.504 e. The fraction of sp³-hybridized carbons (Fsp3) is 0.190. The maximum atomic E-state index is 13.0. The predicted molar refractivity (Wildman–Crippen MR) is 99.0 cm³/mol. The third kappa shape index (κ3) is 3.08. The molecule has 29 heavy (non-hydrogen) atoms. The molecule has 1 aliphatic carbocycles. The molecule has 0 bridgehead atoms. The highest BCUT2D eigenvalue weighted by Crippen LogP contribution is 2.48. The summed E-state index contributed by atoms with van der Waals surface area (Å²) < 4.78 is 6.17. The number of phenolic OH excluding ortho intramolecular Hbond substituents is 4. The molecule has 2 aromatic rings. The number of ether oxygens (including phenoxy) is 1. The zero-order valence-corrected chi connectivity index (χ0v) is 15.0. The molecule has 150 valence electrons. The van der Waals surface area contributed by atoms with Crippen LogP contribution in [0.15, 0.2) is 59.9 Å². The monoisotopic (exact) mass is 398 g/mol. The lowest BCUT2D eigenvalue weighted by atomic mass is 9.77. The molecule has 8 heteroatoms. The van der Waals surface area contributed by atoms with Crippen LogP contribution in [-0.4, -0.2) is 42.2 Å². The minimum atomic E-state index is -2.16. The number of Topliss-reactive ketones (excluding diaryl/α,β-unsaturated/α-hetero) is 1. The number of rotatable bonds is 2. The Kier molecular flexibility index (Phi) is 4.07. The van der Waals surface area contributed by atoms with Gasteiger partial charge in [-0.2, -0.15) is 0 Å². The standard InChI is InChI=1S/C21H18O8/c22-14-3-1-11(7-16(14)24)21(12-2-4-15(23)17(25)8-12)10-18(26)13-9-20(27,28)6-5-19(13)29-21/h1-8,22-25,27-28H,9-10H2. The topological polar surface area (TPSA) is 148 Å². The molecule has 8 nitrogen and oxygen atoms in total. The van der Waals surface area contributed by atoms with E-state index in [2.05, 4.69) is 0 Å². The number of carbonyl (C=O) groups excluding carboxylic acids is 1. The third-order valence-electron chi connectivity index (χ3n) is 5.15. The quantitative estimate of drug-likeness (QED) is 0.330. The second kappa shape index (κ2) is 6.26. The Bertz CT molecular complexity index is 1030. The van der Waals surface area contributed by atoms with E-state index in [9.17, 15) is 35.4 Å². The maximum Gasteiger partial charge on any atom is 0.187 e. The molecule has 0 saturated carbocycles. The summed E-state index contributed by atoms with van der Waals surface area (Å²) in [7, 11) is 0. The molecule has 4 rings (SSSR count). The molecule has 2 aliphatic rings. The van der Waals surface area contributed by atoms with Gasteiger partial charge in [-0.25, -0.2) is 0 Å². The first-order chi connectivity index (χ1) is 13.6. The van der Waals surface area contributed by atoms with Crippen molar-refractivity contribution in [3.63, 3.8) is 0 Å². The lowest BCUT2D eigenvalue weighted by Gasteiger charge is -2.41. The van der Waals surface area contributed by atoms with E-state index in [0.717, 1.165) is 6.08 Å². The van der Waals surface area contributed by atoms with E-state index in [1.165, 1.54) is 42.5 Å². The summed E-state index contributed by atoms with van der Waals surface area (Å²) in [5.74, 6) is -4.02. The summed E-state index contributed by atoms with van der Waals surface area (Å²) in [6.07, 6.45) is 1.77. The lowest BCUT2D eigenvalue weighted by molar-refractivity contribution is -0.136. The van der Waals surface area contributed by atoms with E-state index in [1.54, 1.807) is 0 Å². The van der Waals surface area contributed by atoms with Crippen molar-refractivity contribution in [2.24, 2.45) is 0 Å². The van der Waals surface area contributed by atoms with Crippen molar-refractivity contribution in [3.8, 4) is 23.0 Å². The summed E-state index contributed by atoms with van der Waals surface area (Å²) in [5, 5.41) is 59.0.